The van der Waals surface area contributed by atoms with Gasteiger partial charge in [0.25, 0.3) is 0 Å². The normalized spacial score (nSPS) is 11.8. The summed E-state index contributed by atoms with van der Waals surface area (Å²) in [5.41, 5.74) is 0. The Kier molecular flexibility index (Phi) is 37.9. The molecule has 0 aliphatic rings. The molecule has 0 radical (unpaired) electrons. The summed E-state index contributed by atoms with van der Waals surface area (Å²) < 4.78 is 16.6. The molecule has 0 aromatic carbocycles. The molecule has 0 fully saturated rings. The summed E-state index contributed by atoms with van der Waals surface area (Å²) in [7, 11) is 0. The quantitative estimate of drug-likeness (QED) is 0.0362. The Hall–Kier alpha value is -1.59. The first-order chi connectivity index (χ1) is 24.0. The molecule has 0 aromatic heterocycles. The average Bonchev–Trinajstić information content (AvgIpc) is 3.10. The van der Waals surface area contributed by atoms with Crippen molar-refractivity contribution in [3.05, 3.63) is 0 Å². The van der Waals surface area contributed by atoms with Gasteiger partial charge in [-0.25, -0.2) is 0 Å². The molecule has 0 amide bonds. The van der Waals surface area contributed by atoms with Crippen LogP contribution in [0, 0.1) is 0 Å². The van der Waals surface area contributed by atoms with Crippen LogP contribution in [0.3, 0.4) is 0 Å². The molecule has 0 N–H and O–H groups in total. The van der Waals surface area contributed by atoms with Gasteiger partial charge in [0.15, 0.2) is 6.10 Å². The smallest absolute Gasteiger partial charge is 0.306 e. The number of ether oxygens (including phenoxy) is 3. The number of unbranched alkanes of at least 4 members (excludes halogenated alkanes) is 28. The van der Waals surface area contributed by atoms with Crippen molar-refractivity contribution in [1.29, 1.82) is 0 Å². The van der Waals surface area contributed by atoms with E-state index in [0.29, 0.717) is 19.3 Å². The zero-order valence-corrected chi connectivity index (χ0v) is 33.0. The van der Waals surface area contributed by atoms with E-state index in [1.165, 1.54) is 141 Å². The average molecular weight is 695 g/mol. The van der Waals surface area contributed by atoms with Crippen LogP contribution in [-0.2, 0) is 28.6 Å². The summed E-state index contributed by atoms with van der Waals surface area (Å²) in [4.78, 5) is 37.5. The highest BCUT2D eigenvalue weighted by Crippen LogP contribution is 2.15. The van der Waals surface area contributed by atoms with Crippen molar-refractivity contribution >= 4 is 17.9 Å². The lowest BCUT2D eigenvalue weighted by Crippen LogP contribution is -2.30. The second-order valence-corrected chi connectivity index (χ2v) is 14.6. The highest BCUT2D eigenvalue weighted by Gasteiger charge is 2.19. The number of rotatable bonds is 39. The maximum absolute atomic E-state index is 12.6. The molecule has 6 heteroatoms. The third-order valence-corrected chi connectivity index (χ3v) is 9.61. The van der Waals surface area contributed by atoms with Crippen LogP contribution in [0.25, 0.3) is 0 Å². The third kappa shape index (κ3) is 37.5. The van der Waals surface area contributed by atoms with Gasteiger partial charge in [-0.15, -0.1) is 0 Å². The van der Waals surface area contributed by atoms with E-state index in [4.69, 9.17) is 14.2 Å². The summed E-state index contributed by atoms with van der Waals surface area (Å²) in [5.74, 6) is -0.862. The first kappa shape index (κ1) is 47.4. The van der Waals surface area contributed by atoms with Crippen LogP contribution in [0.15, 0.2) is 0 Å². The molecule has 0 heterocycles. The van der Waals surface area contributed by atoms with E-state index in [2.05, 4.69) is 20.8 Å². The number of hydrogen-bond acceptors (Lipinski definition) is 6. The van der Waals surface area contributed by atoms with E-state index in [1.807, 2.05) is 0 Å². The maximum atomic E-state index is 12.6. The van der Waals surface area contributed by atoms with Gasteiger partial charge in [-0.05, 0) is 19.3 Å². The largest absolute Gasteiger partial charge is 0.462 e. The Labute approximate surface area is 304 Å². The minimum atomic E-state index is -0.756. The Morgan fingerprint density at radius 3 is 0.816 bits per heavy atom. The van der Waals surface area contributed by atoms with Crippen molar-refractivity contribution in [2.75, 3.05) is 13.2 Å². The van der Waals surface area contributed by atoms with Crippen LogP contribution in [-0.4, -0.2) is 37.2 Å². The van der Waals surface area contributed by atoms with E-state index in [9.17, 15) is 14.4 Å². The first-order valence-corrected chi connectivity index (χ1v) is 21.5. The number of hydrogen-bond donors (Lipinski definition) is 0. The van der Waals surface area contributed by atoms with Crippen molar-refractivity contribution in [2.24, 2.45) is 0 Å². The topological polar surface area (TPSA) is 78.9 Å². The summed E-state index contributed by atoms with van der Waals surface area (Å²) in [6, 6.07) is 0. The van der Waals surface area contributed by atoms with Crippen LogP contribution < -0.4 is 0 Å². The van der Waals surface area contributed by atoms with Gasteiger partial charge in [-0.3, -0.25) is 14.4 Å². The molecule has 290 valence electrons. The fourth-order valence-corrected chi connectivity index (χ4v) is 6.32. The van der Waals surface area contributed by atoms with Crippen molar-refractivity contribution in [2.45, 2.75) is 245 Å². The lowest BCUT2D eigenvalue weighted by atomic mass is 10.0. The summed E-state index contributed by atoms with van der Waals surface area (Å²) in [5, 5.41) is 0. The zero-order valence-electron chi connectivity index (χ0n) is 33.0. The first-order valence-electron chi connectivity index (χ1n) is 21.5. The van der Waals surface area contributed by atoms with E-state index < -0.39 is 6.10 Å². The number of carbonyl (C=O) groups excluding carboxylic acids is 3. The van der Waals surface area contributed by atoms with Crippen LogP contribution in [0.5, 0.6) is 0 Å². The second kappa shape index (κ2) is 39.2. The summed E-state index contributed by atoms with van der Waals surface area (Å²) >= 11 is 0. The highest BCUT2D eigenvalue weighted by molar-refractivity contribution is 5.71. The molecule has 1 atom stereocenters. The van der Waals surface area contributed by atoms with Crippen molar-refractivity contribution in [3.63, 3.8) is 0 Å². The summed E-state index contributed by atoms with van der Waals surface area (Å²) in [6.45, 7) is 6.59. The summed E-state index contributed by atoms with van der Waals surface area (Å²) in [6.07, 6.45) is 38.0. The fraction of sp³-hybridized carbons (Fsp3) is 0.930. The zero-order chi connectivity index (χ0) is 35.9. The van der Waals surface area contributed by atoms with E-state index in [-0.39, 0.29) is 31.1 Å². The van der Waals surface area contributed by atoms with Gasteiger partial charge in [0.2, 0.25) is 0 Å². The van der Waals surface area contributed by atoms with Crippen LogP contribution >= 0.6 is 0 Å². The number of esters is 3. The lowest BCUT2D eigenvalue weighted by molar-refractivity contribution is -0.167. The molecule has 0 spiro atoms. The van der Waals surface area contributed by atoms with Gasteiger partial charge in [0.05, 0.1) is 0 Å². The predicted molar refractivity (Wildman–Crippen MR) is 206 cm³/mol. The van der Waals surface area contributed by atoms with Crippen molar-refractivity contribution in [1.82, 2.24) is 0 Å². The van der Waals surface area contributed by atoms with Crippen LogP contribution in [0.2, 0.25) is 0 Å². The Bertz CT molecular complexity index is 723. The standard InChI is InChI=1S/C43H82O6/c1-4-7-10-13-16-18-20-21-23-24-27-30-33-36-42(45)48-39-40(38-47-41(44)35-32-29-26-15-12-9-6-3)49-43(46)37-34-31-28-25-22-19-17-14-11-8-5-2/h40H,4-39H2,1-3H3/t40-/m0/s1. The second-order valence-electron chi connectivity index (χ2n) is 14.6. The predicted octanol–water partition coefficient (Wildman–Crippen LogP) is 13.3. The SMILES string of the molecule is CCCCCCCCCCCCCCCC(=O)OC[C@H](COC(=O)CCCCCCCCC)OC(=O)CCCCCCCCCCCCC. The molecule has 0 aliphatic carbocycles. The third-order valence-electron chi connectivity index (χ3n) is 9.61. The molecule has 0 unspecified atom stereocenters. The van der Waals surface area contributed by atoms with Crippen LogP contribution in [0.1, 0.15) is 239 Å². The minimum Gasteiger partial charge on any atom is -0.462 e. The molecule has 0 saturated carbocycles. The van der Waals surface area contributed by atoms with Crippen molar-refractivity contribution in [3.8, 4) is 0 Å². The molecule has 0 aromatic rings. The minimum absolute atomic E-state index is 0.0635. The number of carbonyl (C=O) groups is 3. The van der Waals surface area contributed by atoms with Gasteiger partial charge in [0.1, 0.15) is 13.2 Å². The highest BCUT2D eigenvalue weighted by atomic mass is 16.6. The molecular weight excluding hydrogens is 612 g/mol. The van der Waals surface area contributed by atoms with E-state index in [0.717, 1.165) is 57.8 Å². The van der Waals surface area contributed by atoms with Crippen molar-refractivity contribution < 1.29 is 28.6 Å². The van der Waals surface area contributed by atoms with Gasteiger partial charge >= 0.3 is 17.9 Å². The molecule has 6 nitrogen and oxygen atoms in total. The van der Waals surface area contributed by atoms with Gasteiger partial charge in [-0.1, -0.05) is 201 Å². The fourth-order valence-electron chi connectivity index (χ4n) is 6.32. The maximum Gasteiger partial charge on any atom is 0.306 e. The Morgan fingerprint density at radius 1 is 0.327 bits per heavy atom. The van der Waals surface area contributed by atoms with Crippen LogP contribution in [0.4, 0.5) is 0 Å². The molecule has 0 rings (SSSR count). The van der Waals surface area contributed by atoms with Gasteiger partial charge < -0.3 is 14.2 Å². The van der Waals surface area contributed by atoms with E-state index in [1.54, 1.807) is 0 Å². The van der Waals surface area contributed by atoms with Gasteiger partial charge in [0, 0.05) is 19.3 Å². The van der Waals surface area contributed by atoms with Gasteiger partial charge in [-0.2, -0.15) is 0 Å². The molecular formula is C43H82O6. The van der Waals surface area contributed by atoms with E-state index >= 15 is 0 Å². The molecule has 0 bridgehead atoms. The molecule has 0 saturated heterocycles. The Balaban J connectivity index is 4.28. The monoisotopic (exact) mass is 695 g/mol. The molecule has 49 heavy (non-hydrogen) atoms. The molecule has 0 aliphatic heterocycles. The lowest BCUT2D eigenvalue weighted by Gasteiger charge is -2.18. The Morgan fingerprint density at radius 2 is 0.551 bits per heavy atom.